The molecule has 1 aromatic heterocycles. The first-order chi connectivity index (χ1) is 6.33. The monoisotopic (exact) mass is 197 g/mol. The van der Waals surface area contributed by atoms with Crippen LogP contribution in [0.1, 0.15) is 19.2 Å². The Labute approximate surface area is 83.2 Å². The van der Waals surface area contributed by atoms with Gasteiger partial charge in [-0.1, -0.05) is 6.92 Å². The van der Waals surface area contributed by atoms with Crippen molar-refractivity contribution in [1.29, 1.82) is 0 Å². The molecule has 0 radical (unpaired) electrons. The highest BCUT2D eigenvalue weighted by atomic mass is 32.2. The summed E-state index contributed by atoms with van der Waals surface area (Å²) in [6.45, 7) is 2.10. The number of rotatable bonds is 5. The van der Waals surface area contributed by atoms with Crippen molar-refractivity contribution < 1.29 is 0 Å². The van der Waals surface area contributed by atoms with Gasteiger partial charge in [-0.2, -0.15) is 11.8 Å². The van der Waals surface area contributed by atoms with Crippen LogP contribution >= 0.6 is 11.8 Å². The zero-order chi connectivity index (χ0) is 9.52. The van der Waals surface area contributed by atoms with Crippen LogP contribution in [0, 0.1) is 0 Å². The third-order valence-corrected chi connectivity index (χ3v) is 2.83. The summed E-state index contributed by atoms with van der Waals surface area (Å²) >= 11 is 1.79. The fourth-order valence-corrected chi connectivity index (χ4v) is 1.81. The summed E-state index contributed by atoms with van der Waals surface area (Å²) in [6, 6.07) is 2.13. The van der Waals surface area contributed by atoms with Gasteiger partial charge < -0.3 is 5.73 Å². The Hall–Kier alpha value is -0.610. The zero-order valence-corrected chi connectivity index (χ0v) is 8.63. The molecule has 0 saturated carbocycles. The SMILES string of the molecule is CCC(N)CSCc1ncccn1. The van der Waals surface area contributed by atoms with Crippen LogP contribution in [0.25, 0.3) is 0 Å². The molecule has 0 spiro atoms. The molecule has 0 aliphatic heterocycles. The van der Waals surface area contributed by atoms with E-state index < -0.39 is 0 Å². The molecule has 0 bridgehead atoms. The number of nitrogens with two attached hydrogens (primary N) is 1. The molecule has 0 aromatic carbocycles. The van der Waals surface area contributed by atoms with E-state index in [9.17, 15) is 0 Å². The molecular weight excluding hydrogens is 182 g/mol. The molecule has 72 valence electrons. The van der Waals surface area contributed by atoms with Gasteiger partial charge in [0.25, 0.3) is 0 Å². The molecule has 1 heterocycles. The van der Waals surface area contributed by atoms with Crippen molar-refractivity contribution >= 4 is 11.8 Å². The molecular formula is C9H15N3S. The highest BCUT2D eigenvalue weighted by Crippen LogP contribution is 2.09. The predicted molar refractivity (Wildman–Crippen MR) is 56.5 cm³/mol. The quantitative estimate of drug-likeness (QED) is 0.776. The van der Waals surface area contributed by atoms with Crippen molar-refractivity contribution in [3.05, 3.63) is 24.3 Å². The first-order valence-corrected chi connectivity index (χ1v) is 5.57. The molecule has 1 aromatic rings. The van der Waals surface area contributed by atoms with Crippen LogP contribution in [0.4, 0.5) is 0 Å². The zero-order valence-electron chi connectivity index (χ0n) is 7.81. The van der Waals surface area contributed by atoms with Gasteiger partial charge in [0, 0.05) is 24.2 Å². The molecule has 2 N–H and O–H groups in total. The third-order valence-electron chi connectivity index (χ3n) is 1.71. The van der Waals surface area contributed by atoms with E-state index >= 15 is 0 Å². The second-order valence-electron chi connectivity index (χ2n) is 2.85. The maximum atomic E-state index is 5.78. The van der Waals surface area contributed by atoms with Crippen molar-refractivity contribution in [3.8, 4) is 0 Å². The van der Waals surface area contributed by atoms with Crippen molar-refractivity contribution in [1.82, 2.24) is 9.97 Å². The molecule has 0 aliphatic rings. The van der Waals surface area contributed by atoms with E-state index in [1.165, 1.54) is 0 Å². The molecule has 1 unspecified atom stereocenters. The van der Waals surface area contributed by atoms with Crippen LogP contribution in [0.2, 0.25) is 0 Å². The average Bonchev–Trinajstić information content (AvgIpc) is 2.19. The van der Waals surface area contributed by atoms with Gasteiger partial charge in [-0.15, -0.1) is 0 Å². The van der Waals surface area contributed by atoms with Crippen LogP contribution in [0.3, 0.4) is 0 Å². The van der Waals surface area contributed by atoms with Crippen molar-refractivity contribution in [2.45, 2.75) is 25.1 Å². The average molecular weight is 197 g/mol. The third kappa shape index (κ3) is 4.24. The first kappa shape index (κ1) is 10.5. The molecule has 0 saturated heterocycles. The maximum absolute atomic E-state index is 5.78. The fourth-order valence-electron chi connectivity index (χ4n) is 0.824. The van der Waals surface area contributed by atoms with Gasteiger partial charge in [0.2, 0.25) is 0 Å². The number of nitrogens with zero attached hydrogens (tertiary/aromatic N) is 2. The van der Waals surface area contributed by atoms with Crippen molar-refractivity contribution in [3.63, 3.8) is 0 Å². The smallest absolute Gasteiger partial charge is 0.138 e. The summed E-state index contributed by atoms with van der Waals surface area (Å²) in [5.74, 6) is 2.72. The lowest BCUT2D eigenvalue weighted by Crippen LogP contribution is -2.21. The van der Waals surface area contributed by atoms with E-state index in [1.807, 2.05) is 6.07 Å². The number of aromatic nitrogens is 2. The lowest BCUT2D eigenvalue weighted by molar-refractivity contribution is 0.724. The lowest BCUT2D eigenvalue weighted by atomic mass is 10.3. The lowest BCUT2D eigenvalue weighted by Gasteiger charge is -2.06. The Morgan fingerprint density at radius 2 is 2.15 bits per heavy atom. The van der Waals surface area contributed by atoms with Gasteiger partial charge in [0.05, 0.1) is 5.75 Å². The Morgan fingerprint density at radius 3 is 2.77 bits per heavy atom. The van der Waals surface area contributed by atoms with Crippen molar-refractivity contribution in [2.75, 3.05) is 5.75 Å². The topological polar surface area (TPSA) is 51.8 Å². The molecule has 13 heavy (non-hydrogen) atoms. The maximum Gasteiger partial charge on any atom is 0.138 e. The van der Waals surface area contributed by atoms with Crippen LogP contribution in [-0.2, 0) is 5.75 Å². The highest BCUT2D eigenvalue weighted by Gasteiger charge is 2.00. The standard InChI is InChI=1S/C9H15N3S/c1-2-8(10)6-13-7-9-11-4-3-5-12-9/h3-5,8H,2,6-7,10H2,1H3. The van der Waals surface area contributed by atoms with E-state index in [4.69, 9.17) is 5.73 Å². The fraction of sp³-hybridized carbons (Fsp3) is 0.556. The minimum atomic E-state index is 0.300. The summed E-state index contributed by atoms with van der Waals surface area (Å²) in [5.41, 5.74) is 5.78. The van der Waals surface area contributed by atoms with Gasteiger partial charge in [0.15, 0.2) is 0 Å². The summed E-state index contributed by atoms with van der Waals surface area (Å²) < 4.78 is 0. The number of hydrogen-bond acceptors (Lipinski definition) is 4. The van der Waals surface area contributed by atoms with E-state index in [0.29, 0.717) is 6.04 Å². The molecule has 0 fully saturated rings. The van der Waals surface area contributed by atoms with E-state index in [0.717, 1.165) is 23.8 Å². The summed E-state index contributed by atoms with van der Waals surface area (Å²) in [4.78, 5) is 8.26. The van der Waals surface area contributed by atoms with Gasteiger partial charge in [-0.05, 0) is 12.5 Å². The summed E-state index contributed by atoms with van der Waals surface area (Å²) in [7, 11) is 0. The van der Waals surface area contributed by atoms with Crippen molar-refractivity contribution in [2.24, 2.45) is 5.73 Å². The van der Waals surface area contributed by atoms with Gasteiger partial charge in [0.1, 0.15) is 5.82 Å². The van der Waals surface area contributed by atoms with E-state index in [1.54, 1.807) is 24.2 Å². The molecule has 0 amide bonds. The predicted octanol–water partition coefficient (Wildman–Crippen LogP) is 1.45. The molecule has 3 nitrogen and oxygen atoms in total. The molecule has 1 atom stereocenters. The van der Waals surface area contributed by atoms with Crippen LogP contribution < -0.4 is 5.73 Å². The summed E-state index contributed by atoms with van der Waals surface area (Å²) in [6.07, 6.45) is 4.56. The second-order valence-corrected chi connectivity index (χ2v) is 3.88. The van der Waals surface area contributed by atoms with E-state index in [2.05, 4.69) is 16.9 Å². The Morgan fingerprint density at radius 1 is 1.46 bits per heavy atom. The number of hydrogen-bond donors (Lipinski definition) is 1. The van der Waals surface area contributed by atoms with Crippen LogP contribution in [0.15, 0.2) is 18.5 Å². The van der Waals surface area contributed by atoms with Crippen LogP contribution in [0.5, 0.6) is 0 Å². The van der Waals surface area contributed by atoms with E-state index in [-0.39, 0.29) is 0 Å². The minimum Gasteiger partial charge on any atom is -0.327 e. The molecule has 4 heteroatoms. The number of thioether (sulfide) groups is 1. The Bertz CT molecular complexity index is 228. The highest BCUT2D eigenvalue weighted by molar-refractivity contribution is 7.98. The largest absolute Gasteiger partial charge is 0.327 e. The van der Waals surface area contributed by atoms with Gasteiger partial charge in [-0.3, -0.25) is 0 Å². The van der Waals surface area contributed by atoms with Gasteiger partial charge >= 0.3 is 0 Å². The molecule has 1 rings (SSSR count). The van der Waals surface area contributed by atoms with Gasteiger partial charge in [-0.25, -0.2) is 9.97 Å². The Kier molecular flexibility index (Phi) is 4.78. The summed E-state index contributed by atoms with van der Waals surface area (Å²) in [5, 5.41) is 0. The molecule has 0 aliphatic carbocycles. The second kappa shape index (κ2) is 5.94. The Balaban J connectivity index is 2.20. The minimum absolute atomic E-state index is 0.300. The normalized spacial score (nSPS) is 12.8. The first-order valence-electron chi connectivity index (χ1n) is 4.42. The van der Waals surface area contributed by atoms with Crippen LogP contribution in [-0.4, -0.2) is 21.8 Å².